The van der Waals surface area contributed by atoms with Crippen LogP contribution in [0.15, 0.2) is 18.2 Å². The van der Waals surface area contributed by atoms with Crippen molar-refractivity contribution in [2.75, 3.05) is 26.7 Å². The van der Waals surface area contributed by atoms with E-state index >= 15 is 0 Å². The molecule has 0 amide bonds. The summed E-state index contributed by atoms with van der Waals surface area (Å²) in [6, 6.07) is 5.68. The summed E-state index contributed by atoms with van der Waals surface area (Å²) in [4.78, 5) is 2.36. The maximum atomic E-state index is 13.5. The molecule has 1 N–H and O–H groups in total. The summed E-state index contributed by atoms with van der Waals surface area (Å²) in [7, 11) is 1.48. The highest BCUT2D eigenvalue weighted by molar-refractivity contribution is 5.85. The minimum atomic E-state index is -0.284. The van der Waals surface area contributed by atoms with Crippen LogP contribution < -0.4 is 10.1 Å². The molecule has 0 spiro atoms. The molecule has 1 aliphatic heterocycles. The second-order valence-electron chi connectivity index (χ2n) is 4.49. The van der Waals surface area contributed by atoms with E-state index in [2.05, 4.69) is 17.1 Å². The summed E-state index contributed by atoms with van der Waals surface area (Å²) in [5.41, 5.74) is 0.997. The van der Waals surface area contributed by atoms with E-state index in [1.165, 1.54) is 7.11 Å². The molecule has 0 saturated carbocycles. The molecule has 0 aliphatic carbocycles. The predicted molar refractivity (Wildman–Crippen MR) is 72.9 cm³/mol. The Morgan fingerprint density at radius 1 is 1.50 bits per heavy atom. The predicted octanol–water partition coefficient (Wildman–Crippen LogP) is 2.05. The first-order valence-electron chi connectivity index (χ1n) is 5.98. The molecule has 0 bridgehead atoms. The Morgan fingerprint density at radius 2 is 2.28 bits per heavy atom. The number of halogens is 2. The number of hydrogen-bond donors (Lipinski definition) is 1. The van der Waals surface area contributed by atoms with Gasteiger partial charge in [-0.3, -0.25) is 4.90 Å². The van der Waals surface area contributed by atoms with Crippen molar-refractivity contribution in [1.29, 1.82) is 0 Å². The molecule has 1 aromatic rings. The quantitative estimate of drug-likeness (QED) is 0.913. The molecule has 0 radical (unpaired) electrons. The number of ether oxygens (including phenoxy) is 1. The van der Waals surface area contributed by atoms with Gasteiger partial charge in [-0.2, -0.15) is 0 Å². The third-order valence-electron chi connectivity index (χ3n) is 3.24. The molecule has 102 valence electrons. The van der Waals surface area contributed by atoms with Gasteiger partial charge in [0.05, 0.1) is 7.11 Å². The summed E-state index contributed by atoms with van der Waals surface area (Å²) < 4.78 is 18.5. The Bertz CT molecular complexity index is 389. The third-order valence-corrected chi connectivity index (χ3v) is 3.24. The fourth-order valence-electron chi connectivity index (χ4n) is 2.16. The molecule has 1 aromatic carbocycles. The standard InChI is InChI=1S/C13H19FN2O.ClH/c1-10-8-15-5-6-16(10)9-11-3-4-13(17-2)12(14)7-11;/h3-4,7,10,15H,5-6,8-9H2,1-2H3;1H/t10-;/m0./s1. The Morgan fingerprint density at radius 3 is 2.89 bits per heavy atom. The van der Waals surface area contributed by atoms with E-state index in [9.17, 15) is 4.39 Å². The molecule has 1 atom stereocenters. The zero-order valence-corrected chi connectivity index (χ0v) is 11.6. The van der Waals surface area contributed by atoms with Gasteiger partial charge in [-0.25, -0.2) is 4.39 Å². The number of piperazine rings is 1. The van der Waals surface area contributed by atoms with Crippen molar-refractivity contribution < 1.29 is 9.13 Å². The van der Waals surface area contributed by atoms with Crippen molar-refractivity contribution in [1.82, 2.24) is 10.2 Å². The molecule has 1 aliphatic rings. The number of nitrogens with one attached hydrogen (secondary N) is 1. The summed E-state index contributed by atoms with van der Waals surface area (Å²) in [5.74, 6) is 0.0231. The number of benzene rings is 1. The second-order valence-corrected chi connectivity index (χ2v) is 4.49. The van der Waals surface area contributed by atoms with Gasteiger partial charge in [-0.05, 0) is 24.6 Å². The Kier molecular flexibility index (Phi) is 5.85. The molecule has 0 aromatic heterocycles. The molecule has 1 fully saturated rings. The van der Waals surface area contributed by atoms with Crippen molar-refractivity contribution in [3.63, 3.8) is 0 Å². The van der Waals surface area contributed by atoms with Crippen LogP contribution in [-0.4, -0.2) is 37.7 Å². The van der Waals surface area contributed by atoms with Gasteiger partial charge in [-0.1, -0.05) is 6.07 Å². The molecule has 2 rings (SSSR count). The lowest BCUT2D eigenvalue weighted by atomic mass is 10.1. The van der Waals surface area contributed by atoms with Crippen LogP contribution in [0.1, 0.15) is 12.5 Å². The van der Waals surface area contributed by atoms with Crippen LogP contribution in [0.25, 0.3) is 0 Å². The van der Waals surface area contributed by atoms with Crippen LogP contribution in [0.3, 0.4) is 0 Å². The lowest BCUT2D eigenvalue weighted by Crippen LogP contribution is -2.49. The van der Waals surface area contributed by atoms with Gasteiger partial charge in [0, 0.05) is 32.2 Å². The van der Waals surface area contributed by atoms with Gasteiger partial charge in [0.15, 0.2) is 11.6 Å². The molecule has 18 heavy (non-hydrogen) atoms. The van der Waals surface area contributed by atoms with Crippen molar-refractivity contribution in [3.8, 4) is 5.75 Å². The smallest absolute Gasteiger partial charge is 0.165 e. The minimum Gasteiger partial charge on any atom is -0.494 e. The maximum absolute atomic E-state index is 13.5. The number of rotatable bonds is 3. The number of methoxy groups -OCH3 is 1. The van der Waals surface area contributed by atoms with Crippen LogP contribution in [0.2, 0.25) is 0 Å². The van der Waals surface area contributed by atoms with Gasteiger partial charge in [-0.15, -0.1) is 12.4 Å². The lowest BCUT2D eigenvalue weighted by Gasteiger charge is -2.33. The van der Waals surface area contributed by atoms with Crippen molar-refractivity contribution in [3.05, 3.63) is 29.6 Å². The molecular formula is C13H20ClFN2O. The Hall–Kier alpha value is -0.840. The second kappa shape index (κ2) is 6.92. The lowest BCUT2D eigenvalue weighted by molar-refractivity contribution is 0.165. The average Bonchev–Trinajstić information content (AvgIpc) is 2.32. The van der Waals surface area contributed by atoms with E-state index in [0.29, 0.717) is 11.8 Å². The molecule has 0 unspecified atom stereocenters. The fraction of sp³-hybridized carbons (Fsp3) is 0.538. The zero-order valence-electron chi connectivity index (χ0n) is 10.8. The van der Waals surface area contributed by atoms with E-state index in [1.54, 1.807) is 12.1 Å². The molecule has 5 heteroatoms. The van der Waals surface area contributed by atoms with Crippen LogP contribution in [0.5, 0.6) is 5.75 Å². The van der Waals surface area contributed by atoms with E-state index in [-0.39, 0.29) is 18.2 Å². The summed E-state index contributed by atoms with van der Waals surface area (Å²) >= 11 is 0. The normalized spacial score (nSPS) is 20.3. The fourth-order valence-corrected chi connectivity index (χ4v) is 2.16. The van der Waals surface area contributed by atoms with Gasteiger partial charge in [0.25, 0.3) is 0 Å². The highest BCUT2D eigenvalue weighted by atomic mass is 35.5. The monoisotopic (exact) mass is 274 g/mol. The number of hydrogen-bond acceptors (Lipinski definition) is 3. The SMILES string of the molecule is COc1ccc(CN2CCNC[C@@H]2C)cc1F.Cl. The Labute approximate surface area is 114 Å². The summed E-state index contributed by atoms with van der Waals surface area (Å²) in [6.07, 6.45) is 0. The van der Waals surface area contributed by atoms with Crippen LogP contribution in [-0.2, 0) is 6.54 Å². The maximum Gasteiger partial charge on any atom is 0.165 e. The van der Waals surface area contributed by atoms with Crippen molar-refractivity contribution in [2.45, 2.75) is 19.5 Å². The van der Waals surface area contributed by atoms with Crippen molar-refractivity contribution in [2.24, 2.45) is 0 Å². The Balaban J connectivity index is 0.00000162. The van der Waals surface area contributed by atoms with E-state index in [0.717, 1.165) is 31.7 Å². The van der Waals surface area contributed by atoms with Gasteiger partial charge in [0.2, 0.25) is 0 Å². The van der Waals surface area contributed by atoms with Crippen molar-refractivity contribution >= 4 is 12.4 Å². The van der Waals surface area contributed by atoms with E-state index in [4.69, 9.17) is 4.74 Å². The van der Waals surface area contributed by atoms with E-state index in [1.807, 2.05) is 6.07 Å². The van der Waals surface area contributed by atoms with Gasteiger partial charge < -0.3 is 10.1 Å². The first-order valence-corrected chi connectivity index (χ1v) is 5.98. The number of nitrogens with zero attached hydrogens (tertiary/aromatic N) is 1. The van der Waals surface area contributed by atoms with Crippen LogP contribution in [0, 0.1) is 5.82 Å². The largest absolute Gasteiger partial charge is 0.494 e. The molecule has 3 nitrogen and oxygen atoms in total. The summed E-state index contributed by atoms with van der Waals surface area (Å²) in [5, 5.41) is 3.34. The first-order chi connectivity index (χ1) is 8.20. The van der Waals surface area contributed by atoms with Gasteiger partial charge in [0.1, 0.15) is 0 Å². The topological polar surface area (TPSA) is 24.5 Å². The first kappa shape index (κ1) is 15.2. The summed E-state index contributed by atoms with van der Waals surface area (Å²) in [6.45, 7) is 5.99. The highest BCUT2D eigenvalue weighted by Crippen LogP contribution is 2.19. The highest BCUT2D eigenvalue weighted by Gasteiger charge is 2.18. The molecule has 1 heterocycles. The zero-order chi connectivity index (χ0) is 12.3. The minimum absolute atomic E-state index is 0. The average molecular weight is 275 g/mol. The van der Waals surface area contributed by atoms with Crippen LogP contribution in [0.4, 0.5) is 4.39 Å². The van der Waals surface area contributed by atoms with Crippen LogP contribution >= 0.6 is 12.4 Å². The van der Waals surface area contributed by atoms with E-state index < -0.39 is 0 Å². The van der Waals surface area contributed by atoms with Gasteiger partial charge >= 0.3 is 0 Å². The third kappa shape index (κ3) is 3.57. The molecule has 1 saturated heterocycles. The molecular weight excluding hydrogens is 255 g/mol.